The molecule has 2 atom stereocenters. The Morgan fingerprint density at radius 3 is 2.71 bits per heavy atom. The monoisotopic (exact) mass is 332 g/mol. The second kappa shape index (κ2) is 8.83. The van der Waals surface area contributed by atoms with E-state index in [1.807, 2.05) is 26.0 Å². The number of nitrogens with zero attached hydrogens (tertiary/aromatic N) is 1. The first kappa shape index (κ1) is 18.5. The molecule has 1 saturated heterocycles. The number of hydrogen-bond acceptors (Lipinski definition) is 2. The molecule has 0 saturated carbocycles. The van der Waals surface area contributed by atoms with Crippen LogP contribution in [0.5, 0.6) is 0 Å². The smallest absolute Gasteiger partial charge is 0.279 e. The van der Waals surface area contributed by atoms with Crippen molar-refractivity contribution in [2.75, 3.05) is 38.0 Å². The Balaban J connectivity index is 1.96. The molecule has 132 valence electrons. The lowest BCUT2D eigenvalue weighted by molar-refractivity contribution is -0.900. The maximum atomic E-state index is 12.4. The molecule has 0 spiro atoms. The number of piperidine rings is 1. The summed E-state index contributed by atoms with van der Waals surface area (Å²) in [6.45, 7) is 10.2. The number of benzene rings is 1. The predicted molar refractivity (Wildman–Crippen MR) is 96.3 cm³/mol. The number of hydrogen-bond donors (Lipinski definition) is 2. The predicted octanol–water partition coefficient (Wildman–Crippen LogP) is 1.42. The fourth-order valence-electron chi connectivity index (χ4n) is 3.41. The quantitative estimate of drug-likeness (QED) is 0.828. The zero-order valence-corrected chi connectivity index (χ0v) is 15.1. The van der Waals surface area contributed by atoms with Crippen molar-refractivity contribution >= 4 is 17.5 Å². The Kier molecular flexibility index (Phi) is 6.79. The van der Waals surface area contributed by atoms with E-state index in [1.165, 1.54) is 17.7 Å². The molecule has 5 nitrogen and oxygen atoms in total. The molecule has 1 aliphatic heterocycles. The molecule has 5 heteroatoms. The first-order valence-corrected chi connectivity index (χ1v) is 9.06. The molecule has 1 heterocycles. The Morgan fingerprint density at radius 1 is 1.29 bits per heavy atom. The SMILES string of the molecule is CCN(CC)C(=O)c1cccc(NC(=O)C[NH+]2CCC[C@@H](C)C2)c1. The zero-order valence-electron chi connectivity index (χ0n) is 15.1. The van der Waals surface area contributed by atoms with Crippen LogP contribution in [-0.4, -0.2) is 49.4 Å². The molecule has 1 unspecified atom stereocenters. The molecule has 24 heavy (non-hydrogen) atoms. The van der Waals surface area contributed by atoms with Crippen molar-refractivity contribution in [3.63, 3.8) is 0 Å². The maximum absolute atomic E-state index is 12.4. The molecular formula is C19H30N3O2+. The van der Waals surface area contributed by atoms with Gasteiger partial charge in [-0.25, -0.2) is 0 Å². The Morgan fingerprint density at radius 2 is 2.04 bits per heavy atom. The fraction of sp³-hybridized carbons (Fsp3) is 0.579. The van der Waals surface area contributed by atoms with Gasteiger partial charge in [-0.05, 0) is 44.9 Å². The third kappa shape index (κ3) is 5.06. The highest BCUT2D eigenvalue weighted by Gasteiger charge is 2.22. The molecule has 0 radical (unpaired) electrons. The van der Waals surface area contributed by atoms with Crippen molar-refractivity contribution in [1.29, 1.82) is 0 Å². The number of rotatable bonds is 6. The summed E-state index contributed by atoms with van der Waals surface area (Å²) in [6.07, 6.45) is 2.46. The van der Waals surface area contributed by atoms with Crippen molar-refractivity contribution < 1.29 is 14.5 Å². The van der Waals surface area contributed by atoms with Gasteiger partial charge in [0.2, 0.25) is 0 Å². The average molecular weight is 332 g/mol. The van der Waals surface area contributed by atoms with Gasteiger partial charge in [-0.3, -0.25) is 9.59 Å². The Hall–Kier alpha value is -1.88. The topological polar surface area (TPSA) is 53.9 Å². The lowest BCUT2D eigenvalue weighted by Crippen LogP contribution is -3.14. The van der Waals surface area contributed by atoms with Crippen LogP contribution in [0.4, 0.5) is 5.69 Å². The Labute approximate surface area is 145 Å². The lowest BCUT2D eigenvalue weighted by Gasteiger charge is -2.27. The summed E-state index contributed by atoms with van der Waals surface area (Å²) in [4.78, 5) is 27.8. The summed E-state index contributed by atoms with van der Waals surface area (Å²) in [5.41, 5.74) is 1.32. The van der Waals surface area contributed by atoms with E-state index in [0.717, 1.165) is 13.1 Å². The van der Waals surface area contributed by atoms with Gasteiger partial charge in [0.25, 0.3) is 11.8 Å². The van der Waals surface area contributed by atoms with Crippen LogP contribution in [0.3, 0.4) is 0 Å². The van der Waals surface area contributed by atoms with Gasteiger partial charge in [0.15, 0.2) is 6.54 Å². The van der Waals surface area contributed by atoms with E-state index in [9.17, 15) is 9.59 Å². The van der Waals surface area contributed by atoms with Crippen LogP contribution in [0.15, 0.2) is 24.3 Å². The highest BCUT2D eigenvalue weighted by Crippen LogP contribution is 2.13. The number of amides is 2. The molecular weight excluding hydrogens is 302 g/mol. The van der Waals surface area contributed by atoms with Gasteiger partial charge in [0.1, 0.15) is 0 Å². The molecule has 2 N–H and O–H groups in total. The van der Waals surface area contributed by atoms with Crippen LogP contribution in [0.2, 0.25) is 0 Å². The molecule has 0 aliphatic carbocycles. The van der Waals surface area contributed by atoms with Crippen LogP contribution in [0, 0.1) is 5.92 Å². The molecule has 0 aromatic heterocycles. The second-order valence-corrected chi connectivity index (χ2v) is 6.73. The van der Waals surface area contributed by atoms with Crippen LogP contribution < -0.4 is 10.2 Å². The van der Waals surface area contributed by atoms with Gasteiger partial charge in [0, 0.05) is 30.3 Å². The largest absolute Gasteiger partial charge is 0.339 e. The summed E-state index contributed by atoms with van der Waals surface area (Å²) in [6, 6.07) is 7.23. The lowest BCUT2D eigenvalue weighted by atomic mass is 10.0. The van der Waals surface area contributed by atoms with E-state index in [4.69, 9.17) is 0 Å². The molecule has 1 aromatic rings. The third-order valence-electron chi connectivity index (χ3n) is 4.72. The molecule has 1 fully saturated rings. The van der Waals surface area contributed by atoms with Crippen molar-refractivity contribution in [3.8, 4) is 0 Å². The van der Waals surface area contributed by atoms with Crippen molar-refractivity contribution in [2.45, 2.75) is 33.6 Å². The first-order valence-electron chi connectivity index (χ1n) is 9.06. The van der Waals surface area contributed by atoms with Gasteiger partial charge >= 0.3 is 0 Å². The number of nitrogens with one attached hydrogen (secondary N) is 2. The maximum Gasteiger partial charge on any atom is 0.279 e. The minimum Gasteiger partial charge on any atom is -0.339 e. The van der Waals surface area contributed by atoms with E-state index in [2.05, 4.69) is 12.2 Å². The molecule has 0 bridgehead atoms. The summed E-state index contributed by atoms with van der Waals surface area (Å²) in [5, 5.41) is 2.94. The van der Waals surface area contributed by atoms with E-state index < -0.39 is 0 Å². The van der Waals surface area contributed by atoms with Crippen molar-refractivity contribution in [3.05, 3.63) is 29.8 Å². The third-order valence-corrected chi connectivity index (χ3v) is 4.72. The fourth-order valence-corrected chi connectivity index (χ4v) is 3.41. The van der Waals surface area contributed by atoms with Crippen molar-refractivity contribution in [2.24, 2.45) is 5.92 Å². The number of anilines is 1. The molecule has 1 aliphatic rings. The number of quaternary nitrogens is 1. The standard InChI is InChI=1S/C19H29N3O2/c1-4-22(5-2)19(24)16-9-6-10-17(12-16)20-18(23)14-21-11-7-8-15(3)13-21/h6,9-10,12,15H,4-5,7-8,11,13-14H2,1-3H3,(H,20,23)/p+1/t15-/m1/s1. The van der Waals surface area contributed by atoms with Crippen molar-refractivity contribution in [1.82, 2.24) is 4.90 Å². The van der Waals surface area contributed by atoms with Gasteiger partial charge < -0.3 is 15.1 Å². The van der Waals surface area contributed by atoms with Crippen LogP contribution in [0.1, 0.15) is 44.0 Å². The summed E-state index contributed by atoms with van der Waals surface area (Å²) in [7, 11) is 0. The second-order valence-electron chi connectivity index (χ2n) is 6.73. The van der Waals surface area contributed by atoms with E-state index >= 15 is 0 Å². The molecule has 1 aromatic carbocycles. The summed E-state index contributed by atoms with van der Waals surface area (Å²) >= 11 is 0. The summed E-state index contributed by atoms with van der Waals surface area (Å²) in [5.74, 6) is 0.717. The zero-order chi connectivity index (χ0) is 17.5. The molecule has 2 amide bonds. The van der Waals surface area contributed by atoms with Gasteiger partial charge in [-0.1, -0.05) is 13.0 Å². The minimum absolute atomic E-state index is 0.00609. The summed E-state index contributed by atoms with van der Waals surface area (Å²) < 4.78 is 0. The van der Waals surface area contributed by atoms with Crippen LogP contribution in [0.25, 0.3) is 0 Å². The van der Waals surface area contributed by atoms with Gasteiger partial charge in [-0.15, -0.1) is 0 Å². The Bertz CT molecular complexity index is 569. The highest BCUT2D eigenvalue weighted by atomic mass is 16.2. The normalized spacial score (nSPS) is 20.5. The molecule has 2 rings (SSSR count). The first-order chi connectivity index (χ1) is 11.5. The van der Waals surface area contributed by atoms with E-state index in [0.29, 0.717) is 36.8 Å². The van der Waals surface area contributed by atoms with Gasteiger partial charge in [0.05, 0.1) is 13.1 Å². The van der Waals surface area contributed by atoms with Crippen LogP contribution in [-0.2, 0) is 4.79 Å². The average Bonchev–Trinajstić information content (AvgIpc) is 2.56. The number of carbonyl (C=O) groups excluding carboxylic acids is 2. The highest BCUT2D eigenvalue weighted by molar-refractivity contribution is 5.97. The van der Waals surface area contributed by atoms with E-state index in [-0.39, 0.29) is 11.8 Å². The van der Waals surface area contributed by atoms with Crippen LogP contribution >= 0.6 is 0 Å². The number of carbonyl (C=O) groups is 2. The van der Waals surface area contributed by atoms with E-state index in [1.54, 1.807) is 17.0 Å². The van der Waals surface area contributed by atoms with Gasteiger partial charge in [-0.2, -0.15) is 0 Å². The number of likely N-dealkylation sites (tertiary alicyclic amines) is 1. The minimum atomic E-state index is 0.00609.